The van der Waals surface area contributed by atoms with Crippen molar-refractivity contribution in [3.8, 4) is 22.6 Å². The van der Waals surface area contributed by atoms with E-state index >= 15 is 0 Å². The number of nitrogen functional groups attached to an aromatic ring is 1. The lowest BCUT2D eigenvalue weighted by Gasteiger charge is -2.09. The van der Waals surface area contributed by atoms with Gasteiger partial charge in [0.1, 0.15) is 17.7 Å². The van der Waals surface area contributed by atoms with Crippen molar-refractivity contribution in [2.24, 2.45) is 0 Å². The van der Waals surface area contributed by atoms with Crippen LogP contribution in [0, 0.1) is 22.7 Å². The van der Waals surface area contributed by atoms with Gasteiger partial charge in [-0.3, -0.25) is 10.5 Å². The molecule has 1 amide bonds. The zero-order chi connectivity index (χ0) is 20.1. The van der Waals surface area contributed by atoms with Gasteiger partial charge in [-0.25, -0.2) is 4.98 Å². The fourth-order valence-corrected chi connectivity index (χ4v) is 4.52. The number of halogens is 1. The van der Waals surface area contributed by atoms with E-state index in [-0.39, 0.29) is 23.0 Å². The Morgan fingerprint density at radius 1 is 1.25 bits per heavy atom. The number of nitrogens with two attached hydrogens (primary N) is 1. The molecule has 0 saturated carbocycles. The van der Waals surface area contributed by atoms with E-state index in [1.165, 1.54) is 11.3 Å². The maximum atomic E-state index is 12.3. The Bertz CT molecular complexity index is 1120. The maximum Gasteiger partial charge on any atom is 0.289 e. The summed E-state index contributed by atoms with van der Waals surface area (Å²) in [5.74, 6) is 0.0215. The molecule has 0 aliphatic rings. The number of H-pyrrole nitrogens is 1. The van der Waals surface area contributed by atoms with Crippen LogP contribution in [0.2, 0.25) is 0 Å². The SMILES string of the molecule is N#Cc1c(N)[nH+]c(SCC(=O)Nc2cccc(Br)c2)c(C#N)c1-c1cccs1. The quantitative estimate of drug-likeness (QED) is 0.545. The van der Waals surface area contributed by atoms with E-state index < -0.39 is 0 Å². The Balaban J connectivity index is 1.87. The van der Waals surface area contributed by atoms with Crippen molar-refractivity contribution in [3.05, 3.63) is 57.4 Å². The monoisotopic (exact) mass is 470 g/mol. The number of pyridine rings is 1. The highest BCUT2D eigenvalue weighted by molar-refractivity contribution is 9.10. The van der Waals surface area contributed by atoms with E-state index in [0.29, 0.717) is 21.8 Å². The normalized spacial score (nSPS) is 10.1. The summed E-state index contributed by atoms with van der Waals surface area (Å²) in [4.78, 5) is 16.0. The number of rotatable bonds is 5. The molecule has 0 atom stereocenters. The molecule has 0 aliphatic carbocycles. The molecule has 138 valence electrons. The number of nitriles is 2. The van der Waals surface area contributed by atoms with Gasteiger partial charge in [-0.15, -0.1) is 11.3 Å². The molecule has 2 heterocycles. The highest BCUT2D eigenvalue weighted by atomic mass is 79.9. The van der Waals surface area contributed by atoms with Crippen LogP contribution in [-0.4, -0.2) is 11.7 Å². The number of hydrogen-bond donors (Lipinski definition) is 2. The van der Waals surface area contributed by atoms with Gasteiger partial charge in [0, 0.05) is 20.6 Å². The molecule has 0 saturated heterocycles. The van der Waals surface area contributed by atoms with Crippen LogP contribution in [0.5, 0.6) is 0 Å². The van der Waals surface area contributed by atoms with Crippen LogP contribution in [0.4, 0.5) is 11.5 Å². The summed E-state index contributed by atoms with van der Waals surface area (Å²) < 4.78 is 0.860. The number of carbonyl (C=O) groups is 1. The molecule has 3 aromatic rings. The number of hydrogen-bond acceptors (Lipinski definition) is 6. The van der Waals surface area contributed by atoms with Crippen molar-refractivity contribution in [2.75, 3.05) is 16.8 Å². The Hall–Kier alpha value is -2.85. The molecule has 4 N–H and O–H groups in total. The molecule has 9 heteroatoms. The summed E-state index contributed by atoms with van der Waals surface area (Å²) in [7, 11) is 0. The molecule has 2 aromatic heterocycles. The highest BCUT2D eigenvalue weighted by Crippen LogP contribution is 2.35. The van der Waals surface area contributed by atoms with Crippen LogP contribution in [0.1, 0.15) is 11.1 Å². The molecule has 0 spiro atoms. The molecule has 0 fully saturated rings. The average Bonchev–Trinajstić information content (AvgIpc) is 3.20. The van der Waals surface area contributed by atoms with Gasteiger partial charge < -0.3 is 5.32 Å². The Labute approximate surface area is 178 Å². The van der Waals surface area contributed by atoms with Gasteiger partial charge in [-0.1, -0.05) is 39.8 Å². The molecular weight excluding hydrogens is 458 g/mol. The van der Waals surface area contributed by atoms with Crippen LogP contribution in [0.3, 0.4) is 0 Å². The highest BCUT2D eigenvalue weighted by Gasteiger charge is 2.24. The molecule has 3 rings (SSSR count). The van der Waals surface area contributed by atoms with Crippen LogP contribution in [0.15, 0.2) is 51.3 Å². The van der Waals surface area contributed by atoms with Crippen LogP contribution >= 0.6 is 39.0 Å². The zero-order valence-electron chi connectivity index (χ0n) is 14.3. The van der Waals surface area contributed by atoms with E-state index in [9.17, 15) is 15.3 Å². The van der Waals surface area contributed by atoms with Crippen molar-refractivity contribution in [1.82, 2.24) is 0 Å². The summed E-state index contributed by atoms with van der Waals surface area (Å²) in [5, 5.41) is 24.3. The lowest BCUT2D eigenvalue weighted by Crippen LogP contribution is -2.20. The maximum absolute atomic E-state index is 12.3. The summed E-state index contributed by atoms with van der Waals surface area (Å²) in [6.07, 6.45) is 0. The van der Waals surface area contributed by atoms with Crippen molar-refractivity contribution >= 4 is 56.4 Å². The Morgan fingerprint density at radius 2 is 2.04 bits per heavy atom. The van der Waals surface area contributed by atoms with E-state index in [1.807, 2.05) is 29.6 Å². The lowest BCUT2D eigenvalue weighted by atomic mass is 10.0. The minimum absolute atomic E-state index is 0.0763. The van der Waals surface area contributed by atoms with Crippen LogP contribution in [-0.2, 0) is 4.79 Å². The summed E-state index contributed by atoms with van der Waals surface area (Å²) in [5.41, 5.74) is 7.69. The van der Waals surface area contributed by atoms with Crippen molar-refractivity contribution in [1.29, 1.82) is 10.5 Å². The summed E-state index contributed by atoms with van der Waals surface area (Å²) in [6.45, 7) is 0. The average molecular weight is 471 g/mol. The number of nitrogens with zero attached hydrogens (tertiary/aromatic N) is 2. The largest absolute Gasteiger partial charge is 0.325 e. The number of aromatic nitrogens is 1. The third-order valence-corrected chi connectivity index (χ3v) is 6.07. The third kappa shape index (κ3) is 4.34. The van der Waals surface area contributed by atoms with Gasteiger partial charge in [0.05, 0.1) is 5.75 Å². The first-order chi connectivity index (χ1) is 13.5. The van der Waals surface area contributed by atoms with Crippen molar-refractivity contribution in [2.45, 2.75) is 5.03 Å². The zero-order valence-corrected chi connectivity index (χ0v) is 17.5. The Morgan fingerprint density at radius 3 is 2.68 bits per heavy atom. The molecule has 28 heavy (non-hydrogen) atoms. The number of thioether (sulfide) groups is 1. The number of carbonyl (C=O) groups excluding carboxylic acids is 1. The van der Waals surface area contributed by atoms with Crippen molar-refractivity contribution < 1.29 is 9.78 Å². The summed E-state index contributed by atoms with van der Waals surface area (Å²) in [6, 6.07) is 15.1. The molecular formula is C19H13BrN5OS2+. The fourth-order valence-electron chi connectivity index (χ4n) is 2.52. The van der Waals surface area contributed by atoms with Gasteiger partial charge in [0.2, 0.25) is 5.91 Å². The molecule has 0 unspecified atom stereocenters. The van der Waals surface area contributed by atoms with Crippen LogP contribution in [0.25, 0.3) is 10.4 Å². The van der Waals surface area contributed by atoms with Crippen molar-refractivity contribution in [3.63, 3.8) is 0 Å². The minimum atomic E-state index is -0.221. The first kappa shape index (κ1) is 19.9. The number of thiophene rings is 1. The number of aromatic amines is 1. The van der Waals surface area contributed by atoms with E-state index in [1.54, 1.807) is 12.1 Å². The number of amides is 1. The van der Waals surface area contributed by atoms with Gasteiger partial charge in [-0.2, -0.15) is 10.5 Å². The second-order valence-electron chi connectivity index (χ2n) is 5.54. The fraction of sp³-hybridized carbons (Fsp3) is 0.0526. The van der Waals surface area contributed by atoms with Gasteiger partial charge in [-0.05, 0) is 29.6 Å². The molecule has 0 aliphatic heterocycles. The molecule has 6 nitrogen and oxygen atoms in total. The first-order valence-corrected chi connectivity index (χ1v) is 10.6. The molecule has 0 bridgehead atoms. The standard InChI is InChI=1S/C19H12BrN5OS2/c20-11-3-1-4-12(7-11)24-16(26)10-28-19-14(9-22)17(15-5-2-6-27-15)13(8-21)18(23)25-19/h1-7H,10H2,(H2,23,25)(H,24,26)/p+1. The number of nitrogens with one attached hydrogen (secondary N) is 2. The summed E-state index contributed by atoms with van der Waals surface area (Å²) >= 11 is 5.93. The third-order valence-electron chi connectivity index (χ3n) is 3.69. The van der Waals surface area contributed by atoms with Gasteiger partial charge in [0.25, 0.3) is 5.82 Å². The number of benzene rings is 1. The molecule has 0 radical (unpaired) electrons. The smallest absolute Gasteiger partial charge is 0.289 e. The van der Waals surface area contributed by atoms with Gasteiger partial charge in [0.15, 0.2) is 10.6 Å². The minimum Gasteiger partial charge on any atom is -0.325 e. The second kappa shape index (κ2) is 8.89. The first-order valence-electron chi connectivity index (χ1n) is 7.94. The Kier molecular flexibility index (Phi) is 6.32. The second-order valence-corrected chi connectivity index (χ2v) is 8.39. The predicted octanol–water partition coefficient (Wildman–Crippen LogP) is 4.05. The predicted molar refractivity (Wildman–Crippen MR) is 114 cm³/mol. The lowest BCUT2D eigenvalue weighted by molar-refractivity contribution is -0.410. The number of anilines is 2. The topological polar surface area (TPSA) is 117 Å². The van der Waals surface area contributed by atoms with E-state index in [0.717, 1.165) is 21.1 Å². The van der Waals surface area contributed by atoms with Gasteiger partial charge >= 0.3 is 0 Å². The van der Waals surface area contributed by atoms with E-state index in [2.05, 4.69) is 38.4 Å². The molecule has 1 aromatic carbocycles. The van der Waals surface area contributed by atoms with Crippen LogP contribution < -0.4 is 16.0 Å². The van der Waals surface area contributed by atoms with E-state index in [4.69, 9.17) is 5.73 Å².